The number of nitrogens with one attached hydrogen (secondary N) is 1. The van der Waals surface area contributed by atoms with Gasteiger partial charge in [-0.15, -0.1) is 10.2 Å². The van der Waals surface area contributed by atoms with Crippen molar-refractivity contribution in [3.05, 3.63) is 72.0 Å². The van der Waals surface area contributed by atoms with Crippen molar-refractivity contribution < 1.29 is 13.9 Å². The minimum absolute atomic E-state index is 0.00654. The van der Waals surface area contributed by atoms with Gasteiger partial charge in [0, 0.05) is 31.1 Å². The summed E-state index contributed by atoms with van der Waals surface area (Å²) in [6.07, 6.45) is 2.51. The maximum absolute atomic E-state index is 13.4. The van der Waals surface area contributed by atoms with Crippen LogP contribution in [0.25, 0.3) is 11.3 Å². The lowest BCUT2D eigenvalue weighted by atomic mass is 9.96. The molecule has 6 nitrogen and oxygen atoms in total. The maximum Gasteiger partial charge on any atom is 0.223 e. The largest absolute Gasteiger partial charge is 0.494 e. The van der Waals surface area contributed by atoms with E-state index in [4.69, 9.17) is 4.74 Å². The quantitative estimate of drug-likeness (QED) is 0.545. The molecule has 1 aliphatic rings. The first-order chi connectivity index (χ1) is 16.1. The summed E-state index contributed by atoms with van der Waals surface area (Å²) in [6, 6.07) is 17.9. The van der Waals surface area contributed by atoms with Crippen LogP contribution in [0.4, 0.5) is 10.2 Å². The van der Waals surface area contributed by atoms with E-state index in [-0.39, 0.29) is 17.6 Å². The fourth-order valence-corrected chi connectivity index (χ4v) is 3.92. The third kappa shape index (κ3) is 6.06. The van der Waals surface area contributed by atoms with Gasteiger partial charge < -0.3 is 15.0 Å². The van der Waals surface area contributed by atoms with Crippen LogP contribution in [-0.4, -0.2) is 35.8 Å². The summed E-state index contributed by atoms with van der Waals surface area (Å²) in [4.78, 5) is 14.8. The number of hydrogen-bond acceptors (Lipinski definition) is 5. The molecule has 1 amide bonds. The fourth-order valence-electron chi connectivity index (χ4n) is 3.92. The average molecular weight is 449 g/mol. The van der Waals surface area contributed by atoms with Gasteiger partial charge in [0.25, 0.3) is 0 Å². The van der Waals surface area contributed by atoms with Gasteiger partial charge in [-0.25, -0.2) is 4.39 Å². The highest BCUT2D eigenvalue weighted by Crippen LogP contribution is 2.24. The van der Waals surface area contributed by atoms with Crippen LogP contribution < -0.4 is 15.0 Å². The van der Waals surface area contributed by atoms with Gasteiger partial charge in [0.2, 0.25) is 5.91 Å². The van der Waals surface area contributed by atoms with E-state index in [2.05, 4.69) is 27.3 Å². The molecule has 3 aromatic rings. The molecule has 7 heteroatoms. The number of aromatic nitrogens is 2. The molecule has 1 fully saturated rings. The summed E-state index contributed by atoms with van der Waals surface area (Å²) in [6.45, 7) is 4.79. The zero-order valence-corrected chi connectivity index (χ0v) is 18.8. The molecule has 0 aliphatic carbocycles. The number of carbonyl (C=O) groups excluding carboxylic acids is 1. The number of rotatable bonds is 8. The van der Waals surface area contributed by atoms with Gasteiger partial charge >= 0.3 is 0 Å². The number of ether oxygens (including phenoxy) is 1. The Kier molecular flexibility index (Phi) is 7.50. The molecule has 1 aromatic heterocycles. The zero-order chi connectivity index (χ0) is 23.0. The van der Waals surface area contributed by atoms with E-state index in [9.17, 15) is 9.18 Å². The highest BCUT2D eigenvalue weighted by molar-refractivity contribution is 5.79. The van der Waals surface area contributed by atoms with Crippen molar-refractivity contribution in [2.45, 2.75) is 32.7 Å². The Morgan fingerprint density at radius 3 is 2.55 bits per heavy atom. The Hall–Kier alpha value is -3.48. The first-order valence-electron chi connectivity index (χ1n) is 11.5. The minimum Gasteiger partial charge on any atom is -0.494 e. The Balaban J connectivity index is 1.25. The summed E-state index contributed by atoms with van der Waals surface area (Å²) < 4.78 is 19.0. The standard InChI is InChI=1S/C26H29FN4O2/c1-2-16-33-23-8-6-19(7-9-23)18-28-26(32)20-12-14-31(15-13-20)25-11-10-24(29-30-25)21-4-3-5-22(27)17-21/h3-11,17,20H,2,12-16,18H2,1H3,(H,28,32). The highest BCUT2D eigenvalue weighted by Gasteiger charge is 2.25. The van der Waals surface area contributed by atoms with E-state index < -0.39 is 0 Å². The van der Waals surface area contributed by atoms with Crippen LogP contribution >= 0.6 is 0 Å². The Labute approximate surface area is 193 Å². The van der Waals surface area contributed by atoms with Gasteiger partial charge in [-0.1, -0.05) is 31.2 Å². The first kappa shape index (κ1) is 22.7. The number of carbonyl (C=O) groups is 1. The first-order valence-corrected chi connectivity index (χ1v) is 11.5. The van der Waals surface area contributed by atoms with E-state index in [0.29, 0.717) is 24.4 Å². The van der Waals surface area contributed by atoms with Gasteiger partial charge in [0.15, 0.2) is 5.82 Å². The molecule has 0 bridgehead atoms. The Bertz CT molecular complexity index is 1050. The van der Waals surface area contributed by atoms with Crippen molar-refractivity contribution in [2.75, 3.05) is 24.6 Å². The van der Waals surface area contributed by atoms with E-state index in [0.717, 1.165) is 49.5 Å². The van der Waals surface area contributed by atoms with Crippen molar-refractivity contribution in [1.82, 2.24) is 15.5 Å². The monoisotopic (exact) mass is 448 g/mol. The summed E-state index contributed by atoms with van der Waals surface area (Å²) in [5, 5.41) is 11.6. The number of halogens is 1. The van der Waals surface area contributed by atoms with Crippen LogP contribution in [0.15, 0.2) is 60.7 Å². The molecule has 0 unspecified atom stereocenters. The molecular formula is C26H29FN4O2. The minimum atomic E-state index is -0.295. The molecule has 1 aliphatic heterocycles. The lowest BCUT2D eigenvalue weighted by molar-refractivity contribution is -0.125. The number of amides is 1. The normalized spacial score (nSPS) is 14.2. The third-order valence-electron chi connectivity index (χ3n) is 5.82. The SMILES string of the molecule is CCCOc1ccc(CNC(=O)C2CCN(c3ccc(-c4cccc(F)c4)nn3)CC2)cc1. The molecule has 2 aromatic carbocycles. The van der Waals surface area contributed by atoms with Crippen molar-refractivity contribution in [2.24, 2.45) is 5.92 Å². The van der Waals surface area contributed by atoms with Gasteiger partial charge in [0.05, 0.1) is 12.3 Å². The van der Waals surface area contributed by atoms with Crippen molar-refractivity contribution in [1.29, 1.82) is 0 Å². The van der Waals surface area contributed by atoms with Crippen LogP contribution in [0, 0.1) is 11.7 Å². The second kappa shape index (κ2) is 10.9. The van der Waals surface area contributed by atoms with Crippen LogP contribution in [0.5, 0.6) is 5.75 Å². The van der Waals surface area contributed by atoms with Crippen LogP contribution in [0.3, 0.4) is 0 Å². The van der Waals surface area contributed by atoms with Crippen LogP contribution in [0.2, 0.25) is 0 Å². The second-order valence-electron chi connectivity index (χ2n) is 8.26. The predicted octanol–water partition coefficient (Wildman–Crippen LogP) is 4.60. The third-order valence-corrected chi connectivity index (χ3v) is 5.82. The van der Waals surface area contributed by atoms with Crippen molar-refractivity contribution in [3.8, 4) is 17.0 Å². The van der Waals surface area contributed by atoms with Crippen LogP contribution in [0.1, 0.15) is 31.7 Å². The topological polar surface area (TPSA) is 67.3 Å². The summed E-state index contributed by atoms with van der Waals surface area (Å²) in [7, 11) is 0. The number of anilines is 1. The van der Waals surface area contributed by atoms with Crippen molar-refractivity contribution >= 4 is 11.7 Å². The molecule has 172 valence electrons. The molecule has 0 atom stereocenters. The molecule has 0 radical (unpaired) electrons. The second-order valence-corrected chi connectivity index (χ2v) is 8.26. The van der Waals surface area contributed by atoms with E-state index in [1.165, 1.54) is 12.1 Å². The lowest BCUT2D eigenvalue weighted by Gasteiger charge is -2.31. The van der Waals surface area contributed by atoms with Gasteiger partial charge in [-0.05, 0) is 61.2 Å². The average Bonchev–Trinajstić information content (AvgIpc) is 2.87. The highest BCUT2D eigenvalue weighted by atomic mass is 19.1. The summed E-state index contributed by atoms with van der Waals surface area (Å²) >= 11 is 0. The molecule has 1 saturated heterocycles. The molecule has 4 rings (SSSR count). The van der Waals surface area contributed by atoms with Gasteiger partial charge in [0.1, 0.15) is 11.6 Å². The molecule has 2 heterocycles. The molecule has 1 N–H and O–H groups in total. The van der Waals surface area contributed by atoms with Crippen molar-refractivity contribution in [3.63, 3.8) is 0 Å². The molecule has 0 spiro atoms. The number of nitrogens with zero attached hydrogens (tertiary/aromatic N) is 3. The van der Waals surface area contributed by atoms with E-state index in [1.54, 1.807) is 6.07 Å². The fraction of sp³-hybridized carbons (Fsp3) is 0.346. The molecule has 0 saturated carbocycles. The summed E-state index contributed by atoms with van der Waals surface area (Å²) in [5.41, 5.74) is 2.39. The summed E-state index contributed by atoms with van der Waals surface area (Å²) in [5.74, 6) is 1.42. The Morgan fingerprint density at radius 2 is 1.88 bits per heavy atom. The number of benzene rings is 2. The van der Waals surface area contributed by atoms with E-state index in [1.807, 2.05) is 42.5 Å². The molecule has 33 heavy (non-hydrogen) atoms. The van der Waals surface area contributed by atoms with Gasteiger partial charge in [-0.2, -0.15) is 0 Å². The predicted molar refractivity (Wildman–Crippen MR) is 126 cm³/mol. The number of hydrogen-bond donors (Lipinski definition) is 1. The number of piperidine rings is 1. The molecular weight excluding hydrogens is 419 g/mol. The maximum atomic E-state index is 13.4. The lowest BCUT2D eigenvalue weighted by Crippen LogP contribution is -2.40. The van der Waals surface area contributed by atoms with Crippen LogP contribution in [-0.2, 0) is 11.3 Å². The smallest absolute Gasteiger partial charge is 0.223 e. The van der Waals surface area contributed by atoms with Gasteiger partial charge in [-0.3, -0.25) is 4.79 Å². The Morgan fingerprint density at radius 1 is 1.09 bits per heavy atom. The zero-order valence-electron chi connectivity index (χ0n) is 18.8. The van der Waals surface area contributed by atoms with E-state index >= 15 is 0 Å².